The Hall–Kier alpha value is -1.60. The van der Waals surface area contributed by atoms with Crippen LogP contribution in [0.15, 0.2) is 18.3 Å². The summed E-state index contributed by atoms with van der Waals surface area (Å²) in [4.78, 5) is 17.8. The van der Waals surface area contributed by atoms with Crippen LogP contribution in [0.5, 0.6) is 0 Å². The largest absolute Gasteiger partial charge is 0.336 e. The molecule has 0 radical (unpaired) electrons. The van der Waals surface area contributed by atoms with Crippen LogP contribution in [0.2, 0.25) is 5.02 Å². The van der Waals surface area contributed by atoms with Gasteiger partial charge in [-0.15, -0.1) is 0 Å². The monoisotopic (exact) mass is 249 g/mol. The van der Waals surface area contributed by atoms with Crippen molar-refractivity contribution >= 4 is 17.5 Å². The Morgan fingerprint density at radius 3 is 3.18 bits per heavy atom. The molecule has 2 heterocycles. The first-order valence-corrected chi connectivity index (χ1v) is 5.89. The first-order chi connectivity index (χ1) is 8.20. The molecular formula is C12H12ClN3O. The number of aromatic nitrogens is 1. The molecule has 1 atom stereocenters. The van der Waals surface area contributed by atoms with Gasteiger partial charge in [0.2, 0.25) is 0 Å². The van der Waals surface area contributed by atoms with Crippen LogP contribution in [0, 0.1) is 17.2 Å². The summed E-state index contributed by atoms with van der Waals surface area (Å²) >= 11 is 5.82. The molecule has 1 amide bonds. The number of rotatable bonds is 1. The minimum Gasteiger partial charge on any atom is -0.336 e. The van der Waals surface area contributed by atoms with Gasteiger partial charge in [0.05, 0.1) is 12.0 Å². The van der Waals surface area contributed by atoms with Crippen molar-refractivity contribution in [2.75, 3.05) is 13.1 Å². The van der Waals surface area contributed by atoms with Gasteiger partial charge in [-0.25, -0.2) is 0 Å². The maximum atomic E-state index is 12.1. The maximum Gasteiger partial charge on any atom is 0.272 e. The highest BCUT2D eigenvalue weighted by Crippen LogP contribution is 2.18. The summed E-state index contributed by atoms with van der Waals surface area (Å²) in [5, 5.41) is 9.38. The number of nitriles is 1. The molecule has 0 saturated carbocycles. The number of amides is 1. The lowest BCUT2D eigenvalue weighted by atomic mass is 9.99. The van der Waals surface area contributed by atoms with Crippen LogP contribution >= 0.6 is 11.6 Å². The average molecular weight is 250 g/mol. The number of likely N-dealkylation sites (tertiary alicyclic amines) is 1. The number of hydrogen-bond donors (Lipinski definition) is 0. The molecule has 0 spiro atoms. The molecule has 88 valence electrons. The van der Waals surface area contributed by atoms with E-state index in [4.69, 9.17) is 16.9 Å². The number of pyridine rings is 1. The molecule has 0 aromatic carbocycles. The zero-order chi connectivity index (χ0) is 12.3. The molecule has 0 bridgehead atoms. The predicted octanol–water partition coefficient (Wildman–Crippen LogP) is 2.11. The van der Waals surface area contributed by atoms with E-state index in [9.17, 15) is 4.79 Å². The van der Waals surface area contributed by atoms with Crippen molar-refractivity contribution in [3.8, 4) is 6.07 Å². The van der Waals surface area contributed by atoms with Gasteiger partial charge >= 0.3 is 0 Å². The van der Waals surface area contributed by atoms with Gasteiger partial charge in [0.15, 0.2) is 0 Å². The molecule has 1 aliphatic heterocycles. The standard InChI is InChI=1S/C12H12ClN3O/c13-10-3-4-15-11(6-10)12(17)16-5-1-2-9(7-14)8-16/h3-4,6,9H,1-2,5,8H2. The Kier molecular flexibility index (Phi) is 3.60. The minimum atomic E-state index is -0.146. The number of piperidine rings is 1. The lowest BCUT2D eigenvalue weighted by molar-refractivity contribution is 0.0693. The fourth-order valence-electron chi connectivity index (χ4n) is 1.95. The van der Waals surface area contributed by atoms with Crippen LogP contribution in [-0.2, 0) is 0 Å². The van der Waals surface area contributed by atoms with Crippen LogP contribution < -0.4 is 0 Å². The Morgan fingerprint density at radius 1 is 1.65 bits per heavy atom. The molecule has 1 aromatic heterocycles. The molecule has 1 unspecified atom stereocenters. The van der Waals surface area contributed by atoms with Crippen molar-refractivity contribution in [2.24, 2.45) is 5.92 Å². The number of carbonyl (C=O) groups is 1. The normalized spacial score (nSPS) is 19.8. The molecule has 5 heteroatoms. The topological polar surface area (TPSA) is 57.0 Å². The highest BCUT2D eigenvalue weighted by molar-refractivity contribution is 6.30. The van der Waals surface area contributed by atoms with Crippen molar-refractivity contribution in [2.45, 2.75) is 12.8 Å². The average Bonchev–Trinajstić information content (AvgIpc) is 2.38. The van der Waals surface area contributed by atoms with Crippen molar-refractivity contribution in [1.82, 2.24) is 9.88 Å². The number of halogens is 1. The number of hydrogen-bond acceptors (Lipinski definition) is 3. The van der Waals surface area contributed by atoms with Gasteiger partial charge in [-0.05, 0) is 25.0 Å². The van der Waals surface area contributed by atoms with Gasteiger partial charge < -0.3 is 4.90 Å². The smallest absolute Gasteiger partial charge is 0.272 e. The van der Waals surface area contributed by atoms with E-state index in [1.165, 1.54) is 6.20 Å². The van der Waals surface area contributed by atoms with E-state index in [1.54, 1.807) is 17.0 Å². The Bertz CT molecular complexity index is 469. The molecular weight excluding hydrogens is 238 g/mol. The molecule has 0 N–H and O–H groups in total. The summed E-state index contributed by atoms with van der Waals surface area (Å²) in [6.45, 7) is 1.18. The fraction of sp³-hybridized carbons (Fsp3) is 0.417. The predicted molar refractivity (Wildman–Crippen MR) is 63.5 cm³/mol. The first kappa shape index (κ1) is 11.9. The number of nitrogens with zero attached hydrogens (tertiary/aromatic N) is 3. The van der Waals surface area contributed by atoms with Crippen molar-refractivity contribution < 1.29 is 4.79 Å². The summed E-state index contributed by atoms with van der Waals surface area (Å²) in [5.41, 5.74) is 0.344. The quantitative estimate of drug-likeness (QED) is 0.766. The fourth-order valence-corrected chi connectivity index (χ4v) is 2.11. The third-order valence-electron chi connectivity index (χ3n) is 2.83. The van der Waals surface area contributed by atoms with Crippen molar-refractivity contribution in [3.63, 3.8) is 0 Å². The van der Waals surface area contributed by atoms with E-state index >= 15 is 0 Å². The van der Waals surface area contributed by atoms with Crippen LogP contribution in [0.25, 0.3) is 0 Å². The van der Waals surface area contributed by atoms with Crippen LogP contribution in [0.3, 0.4) is 0 Å². The van der Waals surface area contributed by atoms with Gasteiger partial charge in [0.25, 0.3) is 5.91 Å². The zero-order valence-electron chi connectivity index (χ0n) is 9.27. The van der Waals surface area contributed by atoms with Gasteiger partial charge in [-0.3, -0.25) is 9.78 Å². The molecule has 2 rings (SSSR count). The van der Waals surface area contributed by atoms with Gasteiger partial charge in [0.1, 0.15) is 5.69 Å². The van der Waals surface area contributed by atoms with Crippen molar-refractivity contribution in [1.29, 1.82) is 5.26 Å². The molecule has 1 saturated heterocycles. The second-order valence-electron chi connectivity index (χ2n) is 4.08. The van der Waals surface area contributed by atoms with Gasteiger partial charge in [0, 0.05) is 24.3 Å². The van der Waals surface area contributed by atoms with Crippen LogP contribution in [0.4, 0.5) is 0 Å². The van der Waals surface area contributed by atoms with Gasteiger partial charge in [-0.1, -0.05) is 11.6 Å². The molecule has 1 aliphatic rings. The lowest BCUT2D eigenvalue weighted by Gasteiger charge is -2.29. The minimum absolute atomic E-state index is 0.0631. The summed E-state index contributed by atoms with van der Waals surface area (Å²) in [7, 11) is 0. The summed E-state index contributed by atoms with van der Waals surface area (Å²) in [5.74, 6) is -0.209. The summed E-state index contributed by atoms with van der Waals surface area (Å²) < 4.78 is 0. The maximum absolute atomic E-state index is 12.1. The molecule has 17 heavy (non-hydrogen) atoms. The van der Waals surface area contributed by atoms with Crippen molar-refractivity contribution in [3.05, 3.63) is 29.0 Å². The molecule has 0 aliphatic carbocycles. The van der Waals surface area contributed by atoms with Crippen LogP contribution in [-0.4, -0.2) is 28.9 Å². The summed E-state index contributed by atoms with van der Waals surface area (Å²) in [6, 6.07) is 5.40. The third-order valence-corrected chi connectivity index (χ3v) is 3.07. The van der Waals surface area contributed by atoms with E-state index in [0.29, 0.717) is 23.8 Å². The van der Waals surface area contributed by atoms with E-state index in [1.807, 2.05) is 0 Å². The van der Waals surface area contributed by atoms with Crippen LogP contribution in [0.1, 0.15) is 23.3 Å². The van der Waals surface area contributed by atoms with E-state index in [0.717, 1.165) is 12.8 Å². The van der Waals surface area contributed by atoms with Gasteiger partial charge in [-0.2, -0.15) is 5.26 Å². The Balaban J connectivity index is 2.12. The molecule has 1 fully saturated rings. The lowest BCUT2D eigenvalue weighted by Crippen LogP contribution is -2.39. The summed E-state index contributed by atoms with van der Waals surface area (Å²) in [6.07, 6.45) is 3.25. The molecule has 1 aromatic rings. The number of carbonyl (C=O) groups excluding carboxylic acids is 1. The SMILES string of the molecule is N#CC1CCCN(C(=O)c2cc(Cl)ccn2)C1. The van der Waals surface area contributed by atoms with E-state index in [2.05, 4.69) is 11.1 Å². The zero-order valence-corrected chi connectivity index (χ0v) is 10.0. The second kappa shape index (κ2) is 5.15. The Labute approximate surface area is 105 Å². The van der Waals surface area contributed by atoms with E-state index in [-0.39, 0.29) is 11.8 Å². The molecule has 4 nitrogen and oxygen atoms in total. The Morgan fingerprint density at radius 2 is 2.47 bits per heavy atom. The second-order valence-corrected chi connectivity index (χ2v) is 4.52. The first-order valence-electron chi connectivity index (χ1n) is 5.51. The third kappa shape index (κ3) is 2.75. The van der Waals surface area contributed by atoms with E-state index < -0.39 is 0 Å². The highest BCUT2D eigenvalue weighted by atomic mass is 35.5. The highest BCUT2D eigenvalue weighted by Gasteiger charge is 2.24.